The van der Waals surface area contributed by atoms with Crippen molar-refractivity contribution < 1.29 is 14.3 Å². The van der Waals surface area contributed by atoms with E-state index in [0.29, 0.717) is 12.5 Å². The smallest absolute Gasteiger partial charge is 0.242 e. The molecule has 1 aromatic carbocycles. The van der Waals surface area contributed by atoms with Gasteiger partial charge in [0.2, 0.25) is 5.91 Å². The Morgan fingerprint density at radius 2 is 2.13 bits per heavy atom. The molecule has 1 aromatic rings. The van der Waals surface area contributed by atoms with Crippen molar-refractivity contribution in [3.05, 3.63) is 29.8 Å². The number of methoxy groups -OCH3 is 1. The number of piperidine rings is 1. The minimum Gasteiger partial charge on any atom is -0.497 e. The first-order valence-corrected chi connectivity index (χ1v) is 8.47. The molecule has 5 heteroatoms. The molecule has 0 unspecified atom stereocenters. The standard InChI is InChI=1S/C18H26N2O3/c1-13-17(19-8-11-23-13)18(21)20-9-6-14(7-10-20)15-4-3-5-16(12-15)22-2/h3-5,12-14,17,19H,6-11H2,1-2H3/t13-,17+/m1/s1. The highest BCUT2D eigenvalue weighted by Gasteiger charge is 2.33. The molecule has 1 N–H and O–H groups in total. The molecular weight excluding hydrogens is 292 g/mol. The van der Waals surface area contributed by atoms with Crippen molar-refractivity contribution in [2.45, 2.75) is 37.8 Å². The molecule has 2 saturated heterocycles. The van der Waals surface area contributed by atoms with Crippen molar-refractivity contribution >= 4 is 5.91 Å². The molecule has 2 heterocycles. The third-order valence-electron chi connectivity index (χ3n) is 4.95. The lowest BCUT2D eigenvalue weighted by molar-refractivity contribution is -0.140. The van der Waals surface area contributed by atoms with Crippen LogP contribution in [0, 0.1) is 0 Å². The van der Waals surface area contributed by atoms with Crippen molar-refractivity contribution in [2.24, 2.45) is 0 Å². The van der Waals surface area contributed by atoms with Crippen LogP contribution in [0.1, 0.15) is 31.2 Å². The number of hydrogen-bond acceptors (Lipinski definition) is 4. The second-order valence-corrected chi connectivity index (χ2v) is 6.38. The van der Waals surface area contributed by atoms with Crippen LogP contribution in [0.15, 0.2) is 24.3 Å². The summed E-state index contributed by atoms with van der Waals surface area (Å²) in [4.78, 5) is 14.7. The van der Waals surface area contributed by atoms with Gasteiger partial charge in [-0.05, 0) is 43.4 Å². The number of amides is 1. The molecule has 0 radical (unpaired) electrons. The highest BCUT2D eigenvalue weighted by atomic mass is 16.5. The second kappa shape index (κ2) is 7.32. The Morgan fingerprint density at radius 1 is 1.35 bits per heavy atom. The van der Waals surface area contributed by atoms with E-state index in [1.807, 2.05) is 24.0 Å². The van der Waals surface area contributed by atoms with Gasteiger partial charge in [0.1, 0.15) is 11.8 Å². The number of rotatable bonds is 3. The van der Waals surface area contributed by atoms with Crippen LogP contribution in [-0.2, 0) is 9.53 Å². The number of nitrogens with zero attached hydrogens (tertiary/aromatic N) is 1. The lowest BCUT2D eigenvalue weighted by atomic mass is 9.89. The first-order chi connectivity index (χ1) is 11.2. The van der Waals surface area contributed by atoms with E-state index in [4.69, 9.17) is 9.47 Å². The third-order valence-corrected chi connectivity index (χ3v) is 4.95. The first-order valence-electron chi connectivity index (χ1n) is 8.47. The summed E-state index contributed by atoms with van der Waals surface area (Å²) >= 11 is 0. The lowest BCUT2D eigenvalue weighted by Crippen LogP contribution is -2.57. The number of likely N-dealkylation sites (tertiary alicyclic amines) is 1. The number of ether oxygens (including phenoxy) is 2. The molecule has 0 spiro atoms. The van der Waals surface area contributed by atoms with Crippen LogP contribution in [0.25, 0.3) is 0 Å². The van der Waals surface area contributed by atoms with Gasteiger partial charge in [-0.3, -0.25) is 4.79 Å². The quantitative estimate of drug-likeness (QED) is 0.923. The van der Waals surface area contributed by atoms with Crippen LogP contribution >= 0.6 is 0 Å². The van der Waals surface area contributed by atoms with Gasteiger partial charge in [-0.2, -0.15) is 0 Å². The van der Waals surface area contributed by atoms with Gasteiger partial charge in [0, 0.05) is 19.6 Å². The van der Waals surface area contributed by atoms with Crippen LogP contribution in [-0.4, -0.2) is 56.3 Å². The number of carbonyl (C=O) groups excluding carboxylic acids is 1. The Kier molecular flexibility index (Phi) is 5.18. The van der Waals surface area contributed by atoms with Crippen molar-refractivity contribution in [3.8, 4) is 5.75 Å². The van der Waals surface area contributed by atoms with E-state index in [1.54, 1.807) is 7.11 Å². The molecule has 2 fully saturated rings. The van der Waals surface area contributed by atoms with Gasteiger partial charge in [0.25, 0.3) is 0 Å². The topological polar surface area (TPSA) is 50.8 Å². The Bertz CT molecular complexity index is 541. The summed E-state index contributed by atoms with van der Waals surface area (Å²) in [6.07, 6.45) is 1.95. The number of carbonyl (C=O) groups is 1. The van der Waals surface area contributed by atoms with Gasteiger partial charge in [0.15, 0.2) is 0 Å². The molecule has 5 nitrogen and oxygen atoms in total. The predicted molar refractivity (Wildman–Crippen MR) is 88.8 cm³/mol. The summed E-state index contributed by atoms with van der Waals surface area (Å²) in [7, 11) is 1.70. The van der Waals surface area contributed by atoms with Crippen LogP contribution in [0.3, 0.4) is 0 Å². The van der Waals surface area contributed by atoms with Gasteiger partial charge < -0.3 is 19.7 Å². The summed E-state index contributed by atoms with van der Waals surface area (Å²) in [6, 6.07) is 8.08. The summed E-state index contributed by atoms with van der Waals surface area (Å²) in [6.45, 7) is 5.03. The fourth-order valence-corrected chi connectivity index (χ4v) is 3.53. The highest BCUT2D eigenvalue weighted by molar-refractivity contribution is 5.82. The average Bonchev–Trinajstić information content (AvgIpc) is 2.62. The molecule has 23 heavy (non-hydrogen) atoms. The van der Waals surface area contributed by atoms with E-state index < -0.39 is 0 Å². The Hall–Kier alpha value is -1.59. The lowest BCUT2D eigenvalue weighted by Gasteiger charge is -2.37. The van der Waals surface area contributed by atoms with Crippen molar-refractivity contribution in [1.82, 2.24) is 10.2 Å². The molecule has 0 aliphatic carbocycles. The predicted octanol–water partition coefficient (Wildman–Crippen LogP) is 1.78. The SMILES string of the molecule is COc1cccc(C2CCN(C(=O)[C@H]3NCCO[C@@H]3C)CC2)c1. The summed E-state index contributed by atoms with van der Waals surface area (Å²) in [5, 5.41) is 3.29. The van der Waals surface area contributed by atoms with E-state index in [0.717, 1.165) is 38.2 Å². The van der Waals surface area contributed by atoms with Crippen LogP contribution in [0.4, 0.5) is 0 Å². The molecular formula is C18H26N2O3. The minimum atomic E-state index is -0.197. The van der Waals surface area contributed by atoms with Crippen LogP contribution < -0.4 is 10.1 Å². The molecule has 0 aromatic heterocycles. The highest BCUT2D eigenvalue weighted by Crippen LogP contribution is 2.30. The second-order valence-electron chi connectivity index (χ2n) is 6.38. The minimum absolute atomic E-state index is 0.0487. The van der Waals surface area contributed by atoms with Gasteiger partial charge in [-0.15, -0.1) is 0 Å². The summed E-state index contributed by atoms with van der Waals surface area (Å²) in [5.74, 6) is 1.59. The van der Waals surface area contributed by atoms with Crippen molar-refractivity contribution in [1.29, 1.82) is 0 Å². The van der Waals surface area contributed by atoms with Crippen molar-refractivity contribution in [2.75, 3.05) is 33.4 Å². The maximum Gasteiger partial charge on any atom is 0.242 e. The molecule has 2 aliphatic rings. The van der Waals surface area contributed by atoms with E-state index in [9.17, 15) is 4.79 Å². The maximum absolute atomic E-state index is 12.7. The zero-order chi connectivity index (χ0) is 16.2. The van der Waals surface area contributed by atoms with E-state index in [2.05, 4.69) is 17.4 Å². The third kappa shape index (κ3) is 3.67. The number of hydrogen-bond donors (Lipinski definition) is 1. The molecule has 3 rings (SSSR count). The van der Waals surface area contributed by atoms with E-state index >= 15 is 0 Å². The molecule has 2 aliphatic heterocycles. The monoisotopic (exact) mass is 318 g/mol. The normalized spacial score (nSPS) is 26.1. The Labute approximate surface area is 137 Å². The largest absolute Gasteiger partial charge is 0.497 e. The van der Waals surface area contributed by atoms with Crippen LogP contribution in [0.5, 0.6) is 5.75 Å². The van der Waals surface area contributed by atoms with Gasteiger partial charge in [-0.1, -0.05) is 12.1 Å². The summed E-state index contributed by atoms with van der Waals surface area (Å²) in [5.41, 5.74) is 1.31. The fraction of sp³-hybridized carbons (Fsp3) is 0.611. The average molecular weight is 318 g/mol. The van der Waals surface area contributed by atoms with E-state index in [1.165, 1.54) is 5.56 Å². The zero-order valence-corrected chi connectivity index (χ0v) is 14.0. The first kappa shape index (κ1) is 16.3. The van der Waals surface area contributed by atoms with E-state index in [-0.39, 0.29) is 18.1 Å². The summed E-state index contributed by atoms with van der Waals surface area (Å²) < 4.78 is 10.9. The molecule has 2 atom stereocenters. The fourth-order valence-electron chi connectivity index (χ4n) is 3.53. The Balaban J connectivity index is 1.58. The van der Waals surface area contributed by atoms with Gasteiger partial charge in [-0.25, -0.2) is 0 Å². The molecule has 0 saturated carbocycles. The zero-order valence-electron chi connectivity index (χ0n) is 14.0. The molecule has 0 bridgehead atoms. The number of morpholine rings is 1. The molecule has 1 amide bonds. The van der Waals surface area contributed by atoms with Crippen molar-refractivity contribution in [3.63, 3.8) is 0 Å². The van der Waals surface area contributed by atoms with Crippen LogP contribution in [0.2, 0.25) is 0 Å². The maximum atomic E-state index is 12.7. The number of benzene rings is 1. The Morgan fingerprint density at radius 3 is 2.83 bits per heavy atom. The van der Waals surface area contributed by atoms with Gasteiger partial charge >= 0.3 is 0 Å². The van der Waals surface area contributed by atoms with Gasteiger partial charge in [0.05, 0.1) is 19.8 Å². The number of nitrogens with one attached hydrogen (secondary N) is 1. The molecule has 126 valence electrons.